The van der Waals surface area contributed by atoms with Gasteiger partial charge in [-0.3, -0.25) is 0 Å². The Bertz CT molecular complexity index is 505. The van der Waals surface area contributed by atoms with Gasteiger partial charge in [0.1, 0.15) is 5.82 Å². The van der Waals surface area contributed by atoms with Crippen molar-refractivity contribution in [1.82, 2.24) is 15.3 Å². The lowest BCUT2D eigenvalue weighted by atomic mass is 10.1. The van der Waals surface area contributed by atoms with Crippen LogP contribution in [-0.4, -0.2) is 61.9 Å². The molecule has 0 saturated carbocycles. The second-order valence-electron chi connectivity index (χ2n) is 6.28. The van der Waals surface area contributed by atoms with Crippen molar-refractivity contribution in [2.45, 2.75) is 19.4 Å². The number of morpholine rings is 1. The molecule has 6 nitrogen and oxygen atoms in total. The van der Waals surface area contributed by atoms with Gasteiger partial charge in [-0.25, -0.2) is 4.98 Å². The second kappa shape index (κ2) is 5.42. The fourth-order valence-electron chi connectivity index (χ4n) is 3.64. The number of anilines is 2. The first kappa shape index (κ1) is 13.3. The van der Waals surface area contributed by atoms with Gasteiger partial charge in [0, 0.05) is 44.0 Å². The molecule has 3 aliphatic heterocycles. The van der Waals surface area contributed by atoms with Gasteiger partial charge in [0.05, 0.1) is 13.2 Å². The maximum atomic E-state index is 5.42. The smallest absolute Gasteiger partial charge is 0.227 e. The highest BCUT2D eigenvalue weighted by atomic mass is 16.5. The third-order valence-electron chi connectivity index (χ3n) is 4.81. The molecule has 3 fully saturated rings. The number of hydrogen-bond acceptors (Lipinski definition) is 6. The molecule has 21 heavy (non-hydrogen) atoms. The average Bonchev–Trinajstić information content (AvgIpc) is 3.09. The molecule has 3 aliphatic rings. The van der Waals surface area contributed by atoms with Crippen molar-refractivity contribution in [2.75, 3.05) is 55.7 Å². The molecule has 0 aliphatic carbocycles. The van der Waals surface area contributed by atoms with E-state index in [1.54, 1.807) is 0 Å². The molecule has 0 bridgehead atoms. The summed E-state index contributed by atoms with van der Waals surface area (Å²) in [6, 6.07) is 2.76. The highest BCUT2D eigenvalue weighted by molar-refractivity contribution is 5.47. The number of rotatable bonds is 2. The molecule has 1 N–H and O–H groups in total. The van der Waals surface area contributed by atoms with E-state index in [9.17, 15) is 0 Å². The lowest BCUT2D eigenvalue weighted by Gasteiger charge is -2.28. The average molecular weight is 289 g/mol. The van der Waals surface area contributed by atoms with E-state index in [0.717, 1.165) is 62.8 Å². The van der Waals surface area contributed by atoms with E-state index in [0.29, 0.717) is 6.04 Å². The van der Waals surface area contributed by atoms with E-state index in [1.807, 2.05) is 0 Å². The van der Waals surface area contributed by atoms with Gasteiger partial charge in [-0.15, -0.1) is 0 Å². The third-order valence-corrected chi connectivity index (χ3v) is 4.81. The zero-order valence-corrected chi connectivity index (χ0v) is 12.6. The molecule has 4 rings (SSSR count). The first-order valence-corrected chi connectivity index (χ1v) is 7.96. The Kier molecular flexibility index (Phi) is 3.43. The monoisotopic (exact) mass is 289 g/mol. The van der Waals surface area contributed by atoms with E-state index in [1.165, 1.54) is 13.0 Å². The number of nitrogens with one attached hydrogen (secondary N) is 1. The summed E-state index contributed by atoms with van der Waals surface area (Å²) in [7, 11) is 0. The number of ether oxygens (including phenoxy) is 1. The number of nitrogens with zero attached hydrogens (tertiary/aromatic N) is 4. The van der Waals surface area contributed by atoms with Crippen LogP contribution in [-0.2, 0) is 4.74 Å². The molecule has 0 aromatic carbocycles. The van der Waals surface area contributed by atoms with Crippen LogP contribution in [0.3, 0.4) is 0 Å². The maximum Gasteiger partial charge on any atom is 0.227 e. The van der Waals surface area contributed by atoms with Crippen LogP contribution in [0.5, 0.6) is 0 Å². The zero-order valence-electron chi connectivity index (χ0n) is 12.6. The first-order valence-electron chi connectivity index (χ1n) is 7.96. The largest absolute Gasteiger partial charge is 0.378 e. The van der Waals surface area contributed by atoms with Crippen molar-refractivity contribution in [2.24, 2.45) is 5.92 Å². The van der Waals surface area contributed by atoms with Crippen LogP contribution in [0.4, 0.5) is 11.8 Å². The highest BCUT2D eigenvalue weighted by Crippen LogP contribution is 2.29. The number of fused-ring (bicyclic) bond motifs is 1. The first-order chi connectivity index (χ1) is 10.3. The maximum absolute atomic E-state index is 5.42. The summed E-state index contributed by atoms with van der Waals surface area (Å²) >= 11 is 0. The molecular weight excluding hydrogens is 266 g/mol. The molecule has 6 heteroatoms. The molecule has 0 spiro atoms. The van der Waals surface area contributed by atoms with Crippen LogP contribution in [0.1, 0.15) is 12.1 Å². The summed E-state index contributed by atoms with van der Waals surface area (Å²) in [5.41, 5.74) is 1.05. The van der Waals surface area contributed by atoms with Crippen LogP contribution >= 0.6 is 0 Å². The summed E-state index contributed by atoms with van der Waals surface area (Å²) in [4.78, 5) is 14.1. The van der Waals surface area contributed by atoms with Crippen molar-refractivity contribution < 1.29 is 4.74 Å². The molecule has 3 saturated heterocycles. The standard InChI is InChI=1S/C15H23N5O/c1-11-8-14(20-9-12-2-3-16-13(12)10-20)18-15(17-11)19-4-6-21-7-5-19/h8,12-13,16H,2-7,9-10H2,1H3/t12-,13+/m0/s1. The molecule has 0 unspecified atom stereocenters. The Hall–Kier alpha value is -1.40. The van der Waals surface area contributed by atoms with Crippen LogP contribution < -0.4 is 15.1 Å². The van der Waals surface area contributed by atoms with Crippen molar-refractivity contribution in [3.05, 3.63) is 11.8 Å². The molecule has 1 aromatic heterocycles. The molecule has 4 heterocycles. The summed E-state index contributed by atoms with van der Waals surface area (Å²) in [6.45, 7) is 8.73. The molecule has 0 radical (unpaired) electrons. The predicted molar refractivity (Wildman–Crippen MR) is 81.9 cm³/mol. The van der Waals surface area contributed by atoms with E-state index in [4.69, 9.17) is 9.72 Å². The van der Waals surface area contributed by atoms with Gasteiger partial charge in [-0.2, -0.15) is 4.98 Å². The zero-order chi connectivity index (χ0) is 14.2. The van der Waals surface area contributed by atoms with Gasteiger partial charge in [0.15, 0.2) is 0 Å². The van der Waals surface area contributed by atoms with Gasteiger partial charge in [-0.1, -0.05) is 0 Å². The molecule has 2 atom stereocenters. The van der Waals surface area contributed by atoms with E-state index in [2.05, 4.69) is 33.1 Å². The Morgan fingerprint density at radius 1 is 1.19 bits per heavy atom. The normalized spacial score (nSPS) is 29.0. The predicted octanol–water partition coefficient (Wildman–Crippen LogP) is 0.420. The van der Waals surface area contributed by atoms with Crippen molar-refractivity contribution >= 4 is 11.8 Å². The van der Waals surface area contributed by atoms with Gasteiger partial charge in [-0.05, 0) is 25.8 Å². The Balaban J connectivity index is 1.56. The molecule has 0 amide bonds. The van der Waals surface area contributed by atoms with E-state index in [-0.39, 0.29) is 0 Å². The van der Waals surface area contributed by atoms with Crippen molar-refractivity contribution in [3.63, 3.8) is 0 Å². The molecule has 114 valence electrons. The molecule has 1 aromatic rings. The third kappa shape index (κ3) is 2.58. The Morgan fingerprint density at radius 3 is 2.86 bits per heavy atom. The minimum absolute atomic E-state index is 0.645. The van der Waals surface area contributed by atoms with Crippen LogP contribution in [0.15, 0.2) is 6.07 Å². The molecular formula is C15H23N5O. The number of aromatic nitrogens is 2. The minimum atomic E-state index is 0.645. The topological polar surface area (TPSA) is 53.5 Å². The van der Waals surface area contributed by atoms with Gasteiger partial charge in [0.2, 0.25) is 5.95 Å². The fourth-order valence-corrected chi connectivity index (χ4v) is 3.64. The minimum Gasteiger partial charge on any atom is -0.378 e. The van der Waals surface area contributed by atoms with E-state index < -0.39 is 0 Å². The number of aryl methyl sites for hydroxylation is 1. The summed E-state index contributed by atoms with van der Waals surface area (Å²) in [5.74, 6) is 2.73. The van der Waals surface area contributed by atoms with Crippen molar-refractivity contribution in [3.8, 4) is 0 Å². The lowest BCUT2D eigenvalue weighted by Crippen LogP contribution is -2.38. The fraction of sp³-hybridized carbons (Fsp3) is 0.733. The highest BCUT2D eigenvalue weighted by Gasteiger charge is 2.36. The summed E-state index contributed by atoms with van der Waals surface area (Å²) in [5, 5.41) is 3.60. The van der Waals surface area contributed by atoms with Crippen molar-refractivity contribution in [1.29, 1.82) is 0 Å². The summed E-state index contributed by atoms with van der Waals surface area (Å²) in [6.07, 6.45) is 1.29. The summed E-state index contributed by atoms with van der Waals surface area (Å²) < 4.78 is 5.42. The number of hydrogen-bond donors (Lipinski definition) is 1. The Morgan fingerprint density at radius 2 is 2.05 bits per heavy atom. The van der Waals surface area contributed by atoms with Crippen LogP contribution in [0.2, 0.25) is 0 Å². The van der Waals surface area contributed by atoms with Gasteiger partial charge < -0.3 is 19.9 Å². The Labute approximate surface area is 125 Å². The van der Waals surface area contributed by atoms with Crippen LogP contribution in [0, 0.1) is 12.8 Å². The van der Waals surface area contributed by atoms with E-state index >= 15 is 0 Å². The van der Waals surface area contributed by atoms with Crippen LogP contribution in [0.25, 0.3) is 0 Å². The quantitative estimate of drug-likeness (QED) is 0.851. The lowest BCUT2D eigenvalue weighted by molar-refractivity contribution is 0.122. The second-order valence-corrected chi connectivity index (χ2v) is 6.28. The van der Waals surface area contributed by atoms with Gasteiger partial charge >= 0.3 is 0 Å². The van der Waals surface area contributed by atoms with Gasteiger partial charge in [0.25, 0.3) is 0 Å². The SMILES string of the molecule is Cc1cc(N2C[C@@H]3CCN[C@@H]3C2)nc(N2CCOCC2)n1.